The number of carbonyl (C=O) groups is 2. The first-order chi connectivity index (χ1) is 21.6. The van der Waals surface area contributed by atoms with Gasteiger partial charge in [0.1, 0.15) is 11.8 Å². The monoisotopic (exact) mass is 609 g/mol. The number of hydrazine groups is 1. The van der Waals surface area contributed by atoms with Crippen LogP contribution in [0.15, 0.2) is 54.7 Å². The number of amides is 1. The lowest BCUT2D eigenvalue weighted by Gasteiger charge is -2.35. The average Bonchev–Trinajstić information content (AvgIpc) is 3.34. The molecule has 0 aliphatic carbocycles. The number of pyridine rings is 1. The van der Waals surface area contributed by atoms with E-state index in [1.54, 1.807) is 12.1 Å². The minimum Gasteiger partial charge on any atom is -0.508 e. The average molecular weight is 610 g/mol. The number of cyclic esters (lactones) is 1. The van der Waals surface area contributed by atoms with Gasteiger partial charge in [-0.2, -0.15) is 0 Å². The molecular weight excluding hydrogens is 566 g/mol. The van der Waals surface area contributed by atoms with E-state index in [1.165, 1.54) is 10.6 Å². The fourth-order valence-corrected chi connectivity index (χ4v) is 6.87. The Morgan fingerprint density at radius 1 is 1.11 bits per heavy atom. The van der Waals surface area contributed by atoms with Crippen LogP contribution in [-0.4, -0.2) is 56.8 Å². The molecule has 4 aromatic rings. The van der Waals surface area contributed by atoms with Crippen LogP contribution in [0.3, 0.4) is 0 Å². The van der Waals surface area contributed by atoms with E-state index < -0.39 is 17.5 Å². The molecule has 1 saturated heterocycles. The van der Waals surface area contributed by atoms with Crippen LogP contribution in [0.4, 0.5) is 0 Å². The standard InChI is InChI=1S/C36H43N5O4/c1-5-30-26(9-7-13-38-30)33-28-20-36(3,4)21-45-35(44)31-10-8-14-41(39-31)34(43)29(37)17-22-15-24(18-25(42)16-22)23-11-12-32(27(28)19-23)40(33)6-2/h7,9,11-13,15-16,18-19,29,31,39,42H,5-6,8,10,14,17,20-21,37H2,1-4H3/t29-,31-/m0/s1. The number of esters is 1. The van der Waals surface area contributed by atoms with Gasteiger partial charge in [0.25, 0.3) is 5.91 Å². The highest BCUT2D eigenvalue weighted by Gasteiger charge is 2.33. The molecule has 4 N–H and O–H groups in total. The van der Waals surface area contributed by atoms with E-state index in [4.69, 9.17) is 15.5 Å². The summed E-state index contributed by atoms with van der Waals surface area (Å²) in [5.74, 6) is -0.543. The number of aromatic nitrogens is 2. The lowest BCUT2D eigenvalue weighted by atomic mass is 9.84. The van der Waals surface area contributed by atoms with Crippen molar-refractivity contribution in [1.29, 1.82) is 0 Å². The van der Waals surface area contributed by atoms with Crippen LogP contribution >= 0.6 is 0 Å². The summed E-state index contributed by atoms with van der Waals surface area (Å²) >= 11 is 0. The number of phenols is 1. The minimum atomic E-state index is -0.845. The van der Waals surface area contributed by atoms with Crippen LogP contribution in [-0.2, 0) is 40.1 Å². The van der Waals surface area contributed by atoms with Crippen LogP contribution in [0, 0.1) is 5.41 Å². The van der Waals surface area contributed by atoms with Crippen molar-refractivity contribution in [3.05, 3.63) is 71.5 Å². The topological polar surface area (TPSA) is 123 Å². The van der Waals surface area contributed by atoms with Gasteiger partial charge in [0.2, 0.25) is 0 Å². The molecule has 0 saturated carbocycles. The number of benzene rings is 2. The highest BCUT2D eigenvalue weighted by atomic mass is 16.5. The van der Waals surface area contributed by atoms with Crippen molar-refractivity contribution in [3.8, 4) is 28.1 Å². The molecule has 9 heteroatoms. The zero-order valence-electron chi connectivity index (χ0n) is 26.6. The summed E-state index contributed by atoms with van der Waals surface area (Å²) < 4.78 is 8.31. The van der Waals surface area contributed by atoms with E-state index in [1.807, 2.05) is 18.3 Å². The lowest BCUT2D eigenvalue weighted by molar-refractivity contribution is -0.154. The quantitative estimate of drug-likeness (QED) is 0.275. The van der Waals surface area contributed by atoms with Crippen molar-refractivity contribution in [2.24, 2.45) is 11.1 Å². The Morgan fingerprint density at radius 2 is 1.93 bits per heavy atom. The number of hydrogen-bond donors (Lipinski definition) is 3. The first kappa shape index (κ1) is 30.8. The van der Waals surface area contributed by atoms with Gasteiger partial charge < -0.3 is 20.1 Å². The maximum absolute atomic E-state index is 13.3. The highest BCUT2D eigenvalue weighted by molar-refractivity contribution is 5.95. The summed E-state index contributed by atoms with van der Waals surface area (Å²) in [6.45, 7) is 9.97. The van der Waals surface area contributed by atoms with Crippen molar-refractivity contribution in [3.63, 3.8) is 0 Å². The SMILES string of the molecule is CCc1ncccc1-c1c2c3cc(ccc3n1CC)-c1cc(O)cc(c1)C[C@H](N)C(=O)N1CCC[C@H](N1)C(=O)OCC(C)(C)C2. The number of hydrogen-bond acceptors (Lipinski definition) is 7. The number of carbonyl (C=O) groups excluding carboxylic acids is 2. The van der Waals surface area contributed by atoms with Gasteiger partial charge in [0, 0.05) is 46.9 Å². The Labute approximate surface area is 264 Å². The van der Waals surface area contributed by atoms with E-state index >= 15 is 0 Å². The number of aryl methyl sites for hydroxylation is 2. The Bertz CT molecular complexity index is 1760. The number of fused-ring (bicyclic) bond motifs is 6. The van der Waals surface area contributed by atoms with E-state index in [2.05, 4.69) is 62.0 Å². The van der Waals surface area contributed by atoms with Gasteiger partial charge in [-0.1, -0.05) is 32.9 Å². The molecule has 9 nitrogen and oxygen atoms in total. The summed E-state index contributed by atoms with van der Waals surface area (Å²) in [5, 5.41) is 13.3. The third-order valence-corrected chi connectivity index (χ3v) is 9.05. The smallest absolute Gasteiger partial charge is 0.324 e. The number of nitrogens with one attached hydrogen (secondary N) is 1. The number of nitrogens with zero attached hydrogens (tertiary/aromatic N) is 3. The predicted molar refractivity (Wildman–Crippen MR) is 175 cm³/mol. The van der Waals surface area contributed by atoms with Crippen LogP contribution < -0.4 is 11.2 Å². The van der Waals surface area contributed by atoms with Gasteiger partial charge in [0.15, 0.2) is 0 Å². The van der Waals surface area contributed by atoms with Gasteiger partial charge in [-0.3, -0.25) is 19.6 Å². The van der Waals surface area contributed by atoms with Gasteiger partial charge >= 0.3 is 5.97 Å². The molecule has 1 fully saturated rings. The van der Waals surface area contributed by atoms with E-state index in [0.717, 1.165) is 57.5 Å². The van der Waals surface area contributed by atoms with Gasteiger partial charge in [0.05, 0.1) is 18.3 Å². The van der Waals surface area contributed by atoms with Gasteiger partial charge in [-0.25, -0.2) is 5.43 Å². The normalized spacial score (nSPS) is 20.6. The van der Waals surface area contributed by atoms with E-state index in [0.29, 0.717) is 25.8 Å². The summed E-state index contributed by atoms with van der Waals surface area (Å²) in [6, 6.07) is 14.5. The van der Waals surface area contributed by atoms with Crippen LogP contribution in [0.1, 0.15) is 57.4 Å². The third kappa shape index (κ3) is 6.07. The molecule has 0 radical (unpaired) electrons. The second-order valence-electron chi connectivity index (χ2n) is 13.1. The first-order valence-electron chi connectivity index (χ1n) is 16.0. The summed E-state index contributed by atoms with van der Waals surface area (Å²) in [5.41, 5.74) is 17.2. The Balaban J connectivity index is 1.55. The molecule has 2 aliphatic heterocycles. The Kier molecular flexibility index (Phi) is 8.41. The van der Waals surface area contributed by atoms with Crippen LogP contribution in [0.2, 0.25) is 0 Å². The minimum absolute atomic E-state index is 0.117. The number of phenolic OH excluding ortho intramolecular Hbond substituents is 1. The van der Waals surface area contributed by atoms with Crippen LogP contribution in [0.25, 0.3) is 33.3 Å². The second kappa shape index (κ2) is 12.3. The molecule has 0 unspecified atom stereocenters. The molecule has 1 amide bonds. The van der Waals surface area contributed by atoms with Crippen molar-refractivity contribution >= 4 is 22.8 Å². The zero-order valence-corrected chi connectivity index (χ0v) is 26.6. The molecule has 2 aromatic heterocycles. The highest BCUT2D eigenvalue weighted by Crippen LogP contribution is 2.41. The predicted octanol–water partition coefficient (Wildman–Crippen LogP) is 5.15. The summed E-state index contributed by atoms with van der Waals surface area (Å²) in [7, 11) is 0. The molecule has 6 bridgehead atoms. The summed E-state index contributed by atoms with van der Waals surface area (Å²) in [4.78, 5) is 31.4. The van der Waals surface area contributed by atoms with Crippen molar-refractivity contribution in [2.45, 2.75) is 78.4 Å². The molecule has 0 spiro atoms. The third-order valence-electron chi connectivity index (χ3n) is 9.05. The lowest BCUT2D eigenvalue weighted by Crippen LogP contribution is -2.59. The van der Waals surface area contributed by atoms with Crippen LogP contribution in [0.5, 0.6) is 5.75 Å². The molecule has 236 valence electrons. The zero-order chi connectivity index (χ0) is 31.9. The molecule has 2 aromatic carbocycles. The van der Waals surface area contributed by atoms with Crippen molar-refractivity contribution in [2.75, 3.05) is 13.2 Å². The maximum Gasteiger partial charge on any atom is 0.324 e. The summed E-state index contributed by atoms with van der Waals surface area (Å²) in [6.07, 6.45) is 4.78. The van der Waals surface area contributed by atoms with E-state index in [9.17, 15) is 14.7 Å². The van der Waals surface area contributed by atoms with Crippen molar-refractivity contribution in [1.82, 2.24) is 20.0 Å². The molecule has 6 rings (SSSR count). The molecule has 45 heavy (non-hydrogen) atoms. The first-order valence-corrected chi connectivity index (χ1v) is 16.0. The number of nitrogens with two attached hydrogens (primary N) is 1. The van der Waals surface area contributed by atoms with Gasteiger partial charge in [-0.05, 0) is 97.7 Å². The number of aromatic hydroxyl groups is 1. The maximum atomic E-state index is 13.3. The molecule has 2 aliphatic rings. The number of rotatable bonds is 3. The number of ether oxygens (including phenoxy) is 1. The molecule has 2 atom stereocenters. The Morgan fingerprint density at radius 3 is 2.71 bits per heavy atom. The van der Waals surface area contributed by atoms with Gasteiger partial charge in [-0.15, -0.1) is 0 Å². The fraction of sp³-hybridized carbons (Fsp3) is 0.417. The largest absolute Gasteiger partial charge is 0.508 e. The Hall–Kier alpha value is -4.21. The molecule has 4 heterocycles. The second-order valence-corrected chi connectivity index (χ2v) is 13.1. The van der Waals surface area contributed by atoms with Crippen molar-refractivity contribution < 1.29 is 19.4 Å². The fourth-order valence-electron chi connectivity index (χ4n) is 6.87. The molecular formula is C36H43N5O4. The van der Waals surface area contributed by atoms with E-state index in [-0.39, 0.29) is 30.7 Å².